The molecule has 5 aromatic rings. The molecular formula is C28H20N6O3S. The first-order valence-electron chi connectivity index (χ1n) is 11.5. The summed E-state index contributed by atoms with van der Waals surface area (Å²) in [5.41, 5.74) is 5.45. The average Bonchev–Trinajstić information content (AvgIpc) is 3.40. The minimum Gasteiger partial charge on any atom is -0.286 e. The minimum atomic E-state index is -0.478. The Morgan fingerprint density at radius 1 is 0.816 bits per heavy atom. The van der Waals surface area contributed by atoms with E-state index in [0.717, 1.165) is 23.0 Å². The van der Waals surface area contributed by atoms with Gasteiger partial charge in [-0.25, -0.2) is 0 Å². The number of ketones is 1. The van der Waals surface area contributed by atoms with Crippen LogP contribution in [0.4, 0.5) is 11.4 Å². The van der Waals surface area contributed by atoms with Crippen molar-refractivity contribution >= 4 is 34.0 Å². The number of hydrogen-bond acceptors (Lipinski definition) is 8. The van der Waals surface area contributed by atoms with Crippen molar-refractivity contribution in [1.29, 1.82) is 0 Å². The molecule has 5 rings (SSSR count). The molecule has 0 saturated heterocycles. The van der Waals surface area contributed by atoms with E-state index in [9.17, 15) is 14.9 Å². The molecule has 1 heterocycles. The molecule has 0 fully saturated rings. The fourth-order valence-corrected chi connectivity index (χ4v) is 4.45. The van der Waals surface area contributed by atoms with Crippen molar-refractivity contribution in [2.75, 3.05) is 5.43 Å². The lowest BCUT2D eigenvalue weighted by molar-refractivity contribution is -0.384. The predicted molar refractivity (Wildman–Crippen MR) is 148 cm³/mol. The van der Waals surface area contributed by atoms with Crippen LogP contribution < -0.4 is 5.43 Å². The molecule has 1 aromatic heterocycles. The molecule has 38 heavy (non-hydrogen) atoms. The second-order valence-corrected chi connectivity index (χ2v) is 8.93. The van der Waals surface area contributed by atoms with Gasteiger partial charge >= 0.3 is 0 Å². The number of aromatic nitrogens is 3. The standard InChI is InChI=1S/C28H20N6O3S/c35-25(20-10-4-1-5-11-20)27(31-29-22-16-18-24(19-17-22)34(36)37)38-28-32-30-26(21-12-6-2-7-13-21)33(28)23-14-8-3-9-15-23/h1-19,29H/b31-27+. The highest BCUT2D eigenvalue weighted by atomic mass is 32.2. The molecule has 0 atom stereocenters. The van der Waals surface area contributed by atoms with Gasteiger partial charge in [-0.15, -0.1) is 10.2 Å². The molecule has 0 radical (unpaired) electrons. The van der Waals surface area contributed by atoms with E-state index >= 15 is 0 Å². The van der Waals surface area contributed by atoms with Crippen molar-refractivity contribution in [3.8, 4) is 17.1 Å². The highest BCUT2D eigenvalue weighted by Gasteiger charge is 2.23. The van der Waals surface area contributed by atoms with Crippen LogP contribution in [0.5, 0.6) is 0 Å². The number of thioether (sulfide) groups is 1. The number of nitro groups is 1. The average molecular weight is 521 g/mol. The molecule has 9 nitrogen and oxygen atoms in total. The number of para-hydroxylation sites is 1. The monoisotopic (exact) mass is 520 g/mol. The van der Waals surface area contributed by atoms with E-state index in [0.29, 0.717) is 22.2 Å². The van der Waals surface area contributed by atoms with E-state index in [1.165, 1.54) is 24.3 Å². The fourth-order valence-electron chi connectivity index (χ4n) is 3.61. The number of nitro benzene ring substituents is 1. The highest BCUT2D eigenvalue weighted by molar-refractivity contribution is 8.15. The molecule has 0 bridgehead atoms. The molecule has 186 valence electrons. The topological polar surface area (TPSA) is 115 Å². The predicted octanol–water partition coefficient (Wildman–Crippen LogP) is 6.24. The van der Waals surface area contributed by atoms with Crippen LogP contribution in [0.15, 0.2) is 126 Å². The summed E-state index contributed by atoms with van der Waals surface area (Å²) in [6, 6.07) is 33.9. The second kappa shape index (κ2) is 11.3. The number of nitrogens with zero attached hydrogens (tertiary/aromatic N) is 5. The molecule has 0 unspecified atom stereocenters. The molecule has 4 aromatic carbocycles. The van der Waals surface area contributed by atoms with Gasteiger partial charge in [-0.2, -0.15) is 5.10 Å². The van der Waals surface area contributed by atoms with Crippen molar-refractivity contribution in [1.82, 2.24) is 14.8 Å². The Labute approximate surface area is 222 Å². The Kier molecular flexibility index (Phi) is 7.32. The Bertz CT molecular complexity index is 1590. The maximum atomic E-state index is 13.5. The third-order valence-corrected chi connectivity index (χ3v) is 6.38. The van der Waals surface area contributed by atoms with Crippen LogP contribution >= 0.6 is 11.8 Å². The zero-order valence-corrected chi connectivity index (χ0v) is 20.7. The van der Waals surface area contributed by atoms with E-state index in [2.05, 4.69) is 20.7 Å². The molecule has 10 heteroatoms. The van der Waals surface area contributed by atoms with Crippen molar-refractivity contribution in [3.05, 3.63) is 131 Å². The first-order chi connectivity index (χ1) is 18.6. The second-order valence-electron chi connectivity index (χ2n) is 7.97. The van der Waals surface area contributed by atoms with Crippen molar-refractivity contribution in [3.63, 3.8) is 0 Å². The number of nitrogens with one attached hydrogen (secondary N) is 1. The molecule has 0 aliphatic carbocycles. The number of hydrazone groups is 1. The number of non-ortho nitro benzene ring substituents is 1. The maximum Gasteiger partial charge on any atom is 0.269 e. The largest absolute Gasteiger partial charge is 0.286 e. The number of rotatable bonds is 8. The van der Waals surface area contributed by atoms with Gasteiger partial charge in [0.2, 0.25) is 10.9 Å². The fraction of sp³-hybridized carbons (Fsp3) is 0. The Morgan fingerprint density at radius 2 is 1.42 bits per heavy atom. The van der Waals surface area contributed by atoms with Crippen molar-refractivity contribution in [2.24, 2.45) is 5.10 Å². The summed E-state index contributed by atoms with van der Waals surface area (Å²) < 4.78 is 1.87. The van der Waals surface area contributed by atoms with Gasteiger partial charge in [0.05, 0.1) is 10.6 Å². The van der Waals surface area contributed by atoms with Gasteiger partial charge in [-0.3, -0.25) is 24.9 Å². The number of benzene rings is 4. The van der Waals surface area contributed by atoms with Gasteiger partial charge in [0.25, 0.3) is 5.69 Å². The lowest BCUT2D eigenvalue weighted by Gasteiger charge is -2.11. The van der Waals surface area contributed by atoms with Gasteiger partial charge in [0.1, 0.15) is 0 Å². The third-order valence-electron chi connectivity index (χ3n) is 5.46. The summed E-state index contributed by atoms with van der Waals surface area (Å²) in [5.74, 6) is 0.308. The van der Waals surface area contributed by atoms with E-state index < -0.39 is 4.92 Å². The number of carbonyl (C=O) groups excluding carboxylic acids is 1. The first-order valence-corrected chi connectivity index (χ1v) is 12.3. The summed E-state index contributed by atoms with van der Waals surface area (Å²) in [7, 11) is 0. The van der Waals surface area contributed by atoms with Crippen LogP contribution in [-0.2, 0) is 0 Å². The zero-order valence-electron chi connectivity index (χ0n) is 19.8. The number of hydrogen-bond donors (Lipinski definition) is 1. The SMILES string of the molecule is O=C(/C(=N\Nc1ccc([N+](=O)[O-])cc1)Sc1nnc(-c2ccccc2)n1-c1ccccc1)c1ccccc1. The molecule has 0 aliphatic heterocycles. The first kappa shape index (κ1) is 24.6. The van der Waals surface area contributed by atoms with E-state index in [-0.39, 0.29) is 16.5 Å². The summed E-state index contributed by atoms with van der Waals surface area (Å²) >= 11 is 1.07. The van der Waals surface area contributed by atoms with Crippen molar-refractivity contribution in [2.45, 2.75) is 5.16 Å². The number of carbonyl (C=O) groups is 1. The normalized spacial score (nSPS) is 11.2. The van der Waals surface area contributed by atoms with Gasteiger partial charge in [-0.05, 0) is 36.0 Å². The molecule has 1 N–H and O–H groups in total. The lowest BCUT2D eigenvalue weighted by Crippen LogP contribution is -2.14. The summed E-state index contributed by atoms with van der Waals surface area (Å²) in [5, 5.41) is 24.8. The molecule has 0 amide bonds. The van der Waals surface area contributed by atoms with Gasteiger partial charge < -0.3 is 0 Å². The highest BCUT2D eigenvalue weighted by Crippen LogP contribution is 2.29. The summed E-state index contributed by atoms with van der Waals surface area (Å²) in [4.78, 5) is 24.0. The van der Waals surface area contributed by atoms with E-state index in [1.807, 2.05) is 71.3 Å². The van der Waals surface area contributed by atoms with E-state index in [4.69, 9.17) is 0 Å². The summed E-state index contributed by atoms with van der Waals surface area (Å²) in [6.45, 7) is 0. The number of Topliss-reactive ketones (excluding diaryl/α,β-unsaturated/α-hetero) is 1. The third kappa shape index (κ3) is 5.50. The molecule has 0 saturated carbocycles. The molecule has 0 spiro atoms. The van der Waals surface area contributed by atoms with Crippen LogP contribution in [0.25, 0.3) is 17.1 Å². The van der Waals surface area contributed by atoms with Crippen LogP contribution in [0.1, 0.15) is 10.4 Å². The Hall–Kier alpha value is -5.09. The lowest BCUT2D eigenvalue weighted by atomic mass is 10.1. The van der Waals surface area contributed by atoms with Gasteiger partial charge in [-0.1, -0.05) is 78.9 Å². The number of anilines is 1. The van der Waals surface area contributed by atoms with Crippen LogP contribution in [-0.4, -0.2) is 30.5 Å². The van der Waals surface area contributed by atoms with Gasteiger partial charge in [0, 0.05) is 28.9 Å². The molecule has 0 aliphatic rings. The maximum absolute atomic E-state index is 13.5. The zero-order chi connectivity index (χ0) is 26.3. The van der Waals surface area contributed by atoms with Crippen molar-refractivity contribution < 1.29 is 9.72 Å². The smallest absolute Gasteiger partial charge is 0.269 e. The minimum absolute atomic E-state index is 0.0427. The van der Waals surface area contributed by atoms with Crippen LogP contribution in [0, 0.1) is 10.1 Å². The van der Waals surface area contributed by atoms with Gasteiger partial charge in [0.15, 0.2) is 10.9 Å². The van der Waals surface area contributed by atoms with Crippen LogP contribution in [0.3, 0.4) is 0 Å². The van der Waals surface area contributed by atoms with E-state index in [1.54, 1.807) is 24.3 Å². The van der Waals surface area contributed by atoms with Crippen LogP contribution in [0.2, 0.25) is 0 Å². The quantitative estimate of drug-likeness (QED) is 0.0643. The Balaban J connectivity index is 1.55. The summed E-state index contributed by atoms with van der Waals surface area (Å²) in [6.07, 6.45) is 0. The Morgan fingerprint density at radius 3 is 2.05 bits per heavy atom. The molecular weight excluding hydrogens is 500 g/mol.